The molecule has 3 fully saturated rings. The molecule has 3 N–H and O–H groups in total. The summed E-state index contributed by atoms with van der Waals surface area (Å²) in [5.41, 5.74) is 1.22. The molecule has 16 heteroatoms. The molecule has 4 heterocycles. The van der Waals surface area contributed by atoms with Gasteiger partial charge < -0.3 is 25.2 Å². The van der Waals surface area contributed by atoms with Crippen molar-refractivity contribution in [3.63, 3.8) is 0 Å². The molecule has 0 aliphatic carbocycles. The Morgan fingerprint density at radius 2 is 1.62 bits per heavy atom. The molecule has 1 aromatic rings. The normalized spacial score (nSPS) is 23.2. The number of alkyl halides is 6. The van der Waals surface area contributed by atoms with Crippen LogP contribution >= 0.6 is 0 Å². The average Bonchev–Trinajstić information content (AvgIpc) is 3.58. The van der Waals surface area contributed by atoms with Gasteiger partial charge >= 0.3 is 24.3 Å². The van der Waals surface area contributed by atoms with Gasteiger partial charge in [-0.1, -0.05) is 6.07 Å². The van der Waals surface area contributed by atoms with Gasteiger partial charge in [-0.3, -0.25) is 14.7 Å². The van der Waals surface area contributed by atoms with Crippen molar-refractivity contribution in [2.45, 2.75) is 62.8 Å². The van der Waals surface area contributed by atoms with Gasteiger partial charge in [0.05, 0.1) is 6.10 Å². The van der Waals surface area contributed by atoms with Crippen LogP contribution in [0.15, 0.2) is 24.5 Å². The van der Waals surface area contributed by atoms with Crippen LogP contribution in [-0.2, 0) is 25.7 Å². The molecular weight excluding hydrogens is 542 g/mol. The minimum Gasteiger partial charge on any atom is -0.475 e. The van der Waals surface area contributed by atoms with Gasteiger partial charge in [-0.05, 0) is 44.0 Å². The van der Waals surface area contributed by atoms with Crippen molar-refractivity contribution < 1.29 is 55.7 Å². The average molecular weight is 573 g/mol. The predicted octanol–water partition coefficient (Wildman–Crippen LogP) is 2.29. The van der Waals surface area contributed by atoms with E-state index >= 15 is 0 Å². The Morgan fingerprint density at radius 1 is 1.03 bits per heavy atom. The number of amides is 1. The van der Waals surface area contributed by atoms with Crippen LogP contribution in [-0.4, -0.2) is 106 Å². The molecule has 0 unspecified atom stereocenters. The van der Waals surface area contributed by atoms with Gasteiger partial charge in [-0.2, -0.15) is 26.3 Å². The Morgan fingerprint density at radius 3 is 2.13 bits per heavy atom. The SMILES string of the molecule is O=C(NCCN1CCCC1)[C@@H]1C[C@H]2[C@H](CCN2Cc2cccnc2)O1.O=C(O)C(F)(F)F.O=C(O)C(F)(F)F. The van der Waals surface area contributed by atoms with Crippen LogP contribution in [0.25, 0.3) is 0 Å². The first-order valence-corrected chi connectivity index (χ1v) is 12.1. The van der Waals surface area contributed by atoms with E-state index in [1.807, 2.05) is 12.3 Å². The number of aromatic nitrogens is 1. The quantitative estimate of drug-likeness (QED) is 0.440. The zero-order chi connectivity index (χ0) is 29.2. The van der Waals surface area contributed by atoms with E-state index < -0.39 is 24.3 Å². The number of pyridine rings is 1. The molecule has 0 saturated carbocycles. The van der Waals surface area contributed by atoms with Crippen molar-refractivity contribution in [2.75, 3.05) is 32.7 Å². The summed E-state index contributed by atoms with van der Waals surface area (Å²) < 4.78 is 69.5. The third-order valence-electron chi connectivity index (χ3n) is 6.21. The summed E-state index contributed by atoms with van der Waals surface area (Å²) in [6.45, 7) is 5.95. The largest absolute Gasteiger partial charge is 0.490 e. The van der Waals surface area contributed by atoms with Gasteiger partial charge in [0, 0.05) is 51.0 Å². The van der Waals surface area contributed by atoms with Crippen LogP contribution in [0.2, 0.25) is 0 Å². The monoisotopic (exact) mass is 572 g/mol. The molecule has 0 radical (unpaired) electrons. The molecule has 220 valence electrons. The molecule has 1 amide bonds. The Kier molecular flexibility index (Phi) is 11.9. The molecule has 3 saturated heterocycles. The number of carboxylic acids is 2. The summed E-state index contributed by atoms with van der Waals surface area (Å²) in [5, 5.41) is 17.3. The Bertz CT molecular complexity index is 919. The van der Waals surface area contributed by atoms with Crippen LogP contribution < -0.4 is 5.32 Å². The van der Waals surface area contributed by atoms with Crippen LogP contribution in [0.5, 0.6) is 0 Å². The zero-order valence-electron chi connectivity index (χ0n) is 20.7. The number of halogens is 6. The van der Waals surface area contributed by atoms with E-state index in [-0.39, 0.29) is 18.1 Å². The molecule has 0 spiro atoms. The van der Waals surface area contributed by atoms with Crippen LogP contribution in [0.4, 0.5) is 26.3 Å². The topological polar surface area (TPSA) is 132 Å². The minimum atomic E-state index is -5.08. The number of carbonyl (C=O) groups excluding carboxylic acids is 1. The van der Waals surface area contributed by atoms with Crippen molar-refractivity contribution in [2.24, 2.45) is 0 Å². The van der Waals surface area contributed by atoms with E-state index in [0.29, 0.717) is 6.04 Å². The first kappa shape index (κ1) is 32.2. The first-order chi connectivity index (χ1) is 18.2. The van der Waals surface area contributed by atoms with Gasteiger partial charge in [0.1, 0.15) is 6.10 Å². The van der Waals surface area contributed by atoms with Gasteiger partial charge in [0.2, 0.25) is 5.91 Å². The number of carbonyl (C=O) groups is 3. The number of nitrogens with zero attached hydrogens (tertiary/aromatic N) is 3. The highest BCUT2D eigenvalue weighted by Gasteiger charge is 2.45. The smallest absolute Gasteiger partial charge is 0.475 e. The second-order valence-corrected chi connectivity index (χ2v) is 9.03. The Balaban J connectivity index is 0.000000317. The standard InChI is InChI=1S/C19H28N4O2.2C2HF3O2/c24-19(21-7-11-22-8-1-2-9-22)18-12-16-17(25-18)5-10-23(16)14-15-4-3-6-20-13-15;2*3-2(4,5)1(6)7/h3-4,6,13,16-18H,1-2,5,7-12,14H2,(H,21,24);2*(H,6,7)/t16-,17-,18-;;/m0../s1. The predicted molar refractivity (Wildman–Crippen MR) is 122 cm³/mol. The summed E-state index contributed by atoms with van der Waals surface area (Å²) in [4.78, 5) is 39.3. The van der Waals surface area contributed by atoms with E-state index in [4.69, 9.17) is 24.5 Å². The van der Waals surface area contributed by atoms with Crippen LogP contribution in [0.3, 0.4) is 0 Å². The lowest BCUT2D eigenvalue weighted by Gasteiger charge is -2.22. The molecule has 3 aliphatic heterocycles. The van der Waals surface area contributed by atoms with E-state index in [1.54, 1.807) is 6.20 Å². The number of carboxylic acid groups (broad SMARTS) is 2. The summed E-state index contributed by atoms with van der Waals surface area (Å²) in [5.74, 6) is -5.45. The molecule has 39 heavy (non-hydrogen) atoms. The van der Waals surface area contributed by atoms with Crippen LogP contribution in [0.1, 0.15) is 31.2 Å². The number of ether oxygens (including phenoxy) is 1. The minimum absolute atomic E-state index is 0.0647. The molecule has 4 rings (SSSR count). The van der Waals surface area contributed by atoms with Gasteiger partial charge in [-0.15, -0.1) is 0 Å². The number of nitrogens with one attached hydrogen (secondary N) is 1. The first-order valence-electron chi connectivity index (χ1n) is 12.1. The van der Waals surface area contributed by atoms with E-state index in [0.717, 1.165) is 39.0 Å². The maximum absolute atomic E-state index is 12.4. The molecule has 0 aromatic carbocycles. The van der Waals surface area contributed by atoms with E-state index in [9.17, 15) is 31.1 Å². The second kappa shape index (κ2) is 14.4. The third kappa shape index (κ3) is 11.0. The highest BCUT2D eigenvalue weighted by atomic mass is 19.4. The highest BCUT2D eigenvalue weighted by Crippen LogP contribution is 2.33. The van der Waals surface area contributed by atoms with Crippen molar-refractivity contribution in [3.05, 3.63) is 30.1 Å². The summed E-state index contributed by atoms with van der Waals surface area (Å²) in [7, 11) is 0. The maximum atomic E-state index is 12.4. The number of aliphatic carboxylic acids is 2. The highest BCUT2D eigenvalue weighted by molar-refractivity contribution is 5.81. The zero-order valence-corrected chi connectivity index (χ0v) is 20.7. The lowest BCUT2D eigenvalue weighted by Crippen LogP contribution is -2.40. The number of hydrogen-bond donors (Lipinski definition) is 3. The summed E-state index contributed by atoms with van der Waals surface area (Å²) >= 11 is 0. The second-order valence-electron chi connectivity index (χ2n) is 9.03. The molecule has 10 nitrogen and oxygen atoms in total. The van der Waals surface area contributed by atoms with Gasteiger partial charge in [0.15, 0.2) is 0 Å². The third-order valence-corrected chi connectivity index (χ3v) is 6.21. The van der Waals surface area contributed by atoms with E-state index in [2.05, 4.69) is 26.2 Å². The van der Waals surface area contributed by atoms with Crippen molar-refractivity contribution >= 4 is 17.8 Å². The number of fused-ring (bicyclic) bond motifs is 1. The lowest BCUT2D eigenvalue weighted by molar-refractivity contribution is -0.193. The molecule has 1 aromatic heterocycles. The van der Waals surface area contributed by atoms with Gasteiger partial charge in [-0.25, -0.2) is 9.59 Å². The Labute approximate surface area is 219 Å². The van der Waals surface area contributed by atoms with Crippen molar-refractivity contribution in [3.8, 4) is 0 Å². The van der Waals surface area contributed by atoms with Gasteiger partial charge in [0.25, 0.3) is 0 Å². The van der Waals surface area contributed by atoms with E-state index in [1.165, 1.54) is 31.5 Å². The molecule has 0 bridgehead atoms. The van der Waals surface area contributed by atoms with Crippen LogP contribution in [0, 0.1) is 0 Å². The van der Waals surface area contributed by atoms with Crippen molar-refractivity contribution in [1.82, 2.24) is 20.1 Å². The molecule has 3 atom stereocenters. The van der Waals surface area contributed by atoms with Crippen molar-refractivity contribution in [1.29, 1.82) is 0 Å². The number of hydrogen-bond acceptors (Lipinski definition) is 7. The summed E-state index contributed by atoms with van der Waals surface area (Å²) in [6.07, 6.45) is -2.13. The Hall–Kier alpha value is -2.98. The summed E-state index contributed by atoms with van der Waals surface area (Å²) in [6, 6.07) is 4.44. The number of likely N-dealkylation sites (tertiary alicyclic amines) is 2. The lowest BCUT2D eigenvalue weighted by atomic mass is 10.1. The molecule has 3 aliphatic rings. The molecular formula is C23H30F6N4O6. The fourth-order valence-electron chi connectivity index (χ4n) is 4.38. The fraction of sp³-hybridized carbons (Fsp3) is 0.652. The fourth-order valence-corrected chi connectivity index (χ4v) is 4.38. The maximum Gasteiger partial charge on any atom is 0.490 e. The number of rotatable bonds is 6.